The number of hydrogen-bond acceptors (Lipinski definition) is 2. The molecule has 0 spiro atoms. The number of carboxylic acid groups (broad SMARTS) is 1. The predicted molar refractivity (Wildman–Crippen MR) is 54.2 cm³/mol. The highest BCUT2D eigenvalue weighted by Crippen LogP contribution is 2.58. The number of carbonyl (C=O) groups is 2. The average Bonchev–Trinajstić information content (AvgIpc) is 2.61. The van der Waals surface area contributed by atoms with Gasteiger partial charge in [-0.15, -0.1) is 0 Å². The van der Waals surface area contributed by atoms with Crippen molar-refractivity contribution in [2.24, 2.45) is 17.3 Å². The normalized spacial score (nSPS) is 32.9. The Morgan fingerprint density at radius 3 is 2.20 bits per heavy atom. The molecule has 4 heteroatoms. The second-order valence-corrected chi connectivity index (χ2v) is 5.25. The van der Waals surface area contributed by atoms with Gasteiger partial charge in [-0.05, 0) is 24.7 Å². The molecular formula is C11H17NO3. The monoisotopic (exact) mass is 211 g/mol. The van der Waals surface area contributed by atoms with Gasteiger partial charge in [0.15, 0.2) is 0 Å². The minimum Gasteiger partial charge on any atom is -0.481 e. The van der Waals surface area contributed by atoms with Crippen molar-refractivity contribution in [3.63, 3.8) is 0 Å². The quantitative estimate of drug-likeness (QED) is 0.732. The van der Waals surface area contributed by atoms with E-state index in [0.29, 0.717) is 6.04 Å². The zero-order chi connectivity index (χ0) is 11.2. The van der Waals surface area contributed by atoms with E-state index < -0.39 is 11.9 Å². The maximum atomic E-state index is 11.8. The van der Waals surface area contributed by atoms with E-state index >= 15 is 0 Å². The highest BCUT2D eigenvalue weighted by molar-refractivity contribution is 5.91. The molecule has 0 bridgehead atoms. The standard InChI is InChI=1S/C11H17NO3/c1-11(2)7(8(11)10(14)15)9(13)12-6-4-3-5-6/h6-8H,3-5H2,1-2H3,(H,12,13)(H,14,15). The molecule has 2 saturated carbocycles. The van der Waals surface area contributed by atoms with E-state index in [4.69, 9.17) is 5.11 Å². The summed E-state index contributed by atoms with van der Waals surface area (Å²) in [6, 6.07) is 0.295. The molecule has 0 heterocycles. The van der Waals surface area contributed by atoms with E-state index in [2.05, 4.69) is 5.32 Å². The molecule has 2 aliphatic rings. The molecule has 0 aromatic carbocycles. The van der Waals surface area contributed by atoms with Crippen LogP contribution in [0.25, 0.3) is 0 Å². The minimum atomic E-state index is -0.853. The van der Waals surface area contributed by atoms with Crippen molar-refractivity contribution in [3.8, 4) is 0 Å². The summed E-state index contributed by atoms with van der Waals surface area (Å²) in [4.78, 5) is 22.6. The van der Waals surface area contributed by atoms with Gasteiger partial charge in [0.05, 0.1) is 11.8 Å². The van der Waals surface area contributed by atoms with E-state index in [-0.39, 0.29) is 17.2 Å². The number of nitrogens with one attached hydrogen (secondary N) is 1. The van der Waals surface area contributed by atoms with Crippen LogP contribution in [0.3, 0.4) is 0 Å². The van der Waals surface area contributed by atoms with E-state index in [1.807, 2.05) is 13.8 Å². The summed E-state index contributed by atoms with van der Waals surface area (Å²) in [7, 11) is 0. The predicted octanol–water partition coefficient (Wildman–Crippen LogP) is 1.01. The van der Waals surface area contributed by atoms with Crippen LogP contribution in [0.15, 0.2) is 0 Å². The smallest absolute Gasteiger partial charge is 0.307 e. The molecule has 0 aromatic rings. The third-order valence-corrected chi connectivity index (χ3v) is 3.83. The van der Waals surface area contributed by atoms with Crippen LogP contribution < -0.4 is 5.32 Å². The molecular weight excluding hydrogens is 194 g/mol. The van der Waals surface area contributed by atoms with Crippen LogP contribution in [0.2, 0.25) is 0 Å². The molecule has 0 aliphatic heterocycles. The fourth-order valence-corrected chi connectivity index (χ4v) is 2.43. The Bertz CT molecular complexity index is 307. The first-order valence-electron chi connectivity index (χ1n) is 5.48. The number of carboxylic acids is 1. The molecule has 2 fully saturated rings. The molecule has 4 nitrogen and oxygen atoms in total. The Hall–Kier alpha value is -1.06. The first-order valence-corrected chi connectivity index (χ1v) is 5.48. The number of rotatable bonds is 3. The van der Waals surface area contributed by atoms with Crippen molar-refractivity contribution >= 4 is 11.9 Å². The van der Waals surface area contributed by atoms with Crippen LogP contribution in [-0.2, 0) is 9.59 Å². The Morgan fingerprint density at radius 2 is 1.87 bits per heavy atom. The van der Waals surface area contributed by atoms with Gasteiger partial charge in [-0.25, -0.2) is 0 Å². The highest BCUT2D eigenvalue weighted by atomic mass is 16.4. The molecule has 15 heavy (non-hydrogen) atoms. The molecule has 2 atom stereocenters. The number of carbonyl (C=O) groups excluding carboxylic acids is 1. The van der Waals surface area contributed by atoms with E-state index in [9.17, 15) is 9.59 Å². The lowest BCUT2D eigenvalue weighted by molar-refractivity contribution is -0.140. The van der Waals surface area contributed by atoms with E-state index in [1.54, 1.807) is 0 Å². The van der Waals surface area contributed by atoms with Crippen LogP contribution in [0.5, 0.6) is 0 Å². The van der Waals surface area contributed by atoms with Crippen molar-refractivity contribution in [1.29, 1.82) is 0 Å². The molecule has 0 radical (unpaired) electrons. The van der Waals surface area contributed by atoms with E-state index in [1.165, 1.54) is 6.42 Å². The van der Waals surface area contributed by atoms with Gasteiger partial charge in [0, 0.05) is 6.04 Å². The number of hydrogen-bond donors (Lipinski definition) is 2. The van der Waals surface area contributed by atoms with Crippen molar-refractivity contribution in [3.05, 3.63) is 0 Å². The largest absolute Gasteiger partial charge is 0.481 e. The molecule has 2 N–H and O–H groups in total. The molecule has 0 aromatic heterocycles. The topological polar surface area (TPSA) is 66.4 Å². The Morgan fingerprint density at radius 1 is 1.27 bits per heavy atom. The SMILES string of the molecule is CC1(C)C(C(=O)O)C1C(=O)NC1CCC1. The maximum absolute atomic E-state index is 11.8. The van der Waals surface area contributed by atoms with E-state index in [0.717, 1.165) is 12.8 Å². The van der Waals surface area contributed by atoms with Gasteiger partial charge in [0.25, 0.3) is 0 Å². The average molecular weight is 211 g/mol. The summed E-state index contributed by atoms with van der Waals surface area (Å²) in [6.07, 6.45) is 3.24. The van der Waals surface area contributed by atoms with Gasteiger partial charge in [-0.1, -0.05) is 13.8 Å². The van der Waals surface area contributed by atoms with Gasteiger partial charge >= 0.3 is 5.97 Å². The van der Waals surface area contributed by atoms with Crippen LogP contribution in [-0.4, -0.2) is 23.0 Å². The Balaban J connectivity index is 1.94. The van der Waals surface area contributed by atoms with Gasteiger partial charge < -0.3 is 10.4 Å². The molecule has 84 valence electrons. The number of amides is 1. The van der Waals surface area contributed by atoms with Crippen molar-refractivity contribution in [2.45, 2.75) is 39.2 Å². The van der Waals surface area contributed by atoms with Crippen LogP contribution in [0.1, 0.15) is 33.1 Å². The summed E-state index contributed by atoms with van der Waals surface area (Å²) < 4.78 is 0. The van der Waals surface area contributed by atoms with Gasteiger partial charge in [0.2, 0.25) is 5.91 Å². The second kappa shape index (κ2) is 3.22. The third kappa shape index (κ3) is 1.62. The van der Waals surface area contributed by atoms with Crippen molar-refractivity contribution in [2.75, 3.05) is 0 Å². The first-order chi connectivity index (χ1) is 6.94. The molecule has 0 saturated heterocycles. The van der Waals surface area contributed by atoms with Crippen LogP contribution >= 0.6 is 0 Å². The van der Waals surface area contributed by atoms with Gasteiger partial charge in [-0.2, -0.15) is 0 Å². The highest BCUT2D eigenvalue weighted by Gasteiger charge is 2.66. The zero-order valence-corrected chi connectivity index (χ0v) is 9.12. The maximum Gasteiger partial charge on any atom is 0.307 e. The fraction of sp³-hybridized carbons (Fsp3) is 0.818. The minimum absolute atomic E-state index is 0.0721. The summed E-state index contributed by atoms with van der Waals surface area (Å²) >= 11 is 0. The van der Waals surface area contributed by atoms with Gasteiger partial charge in [-0.3, -0.25) is 9.59 Å². The summed E-state index contributed by atoms with van der Waals surface area (Å²) in [5, 5.41) is 11.8. The van der Waals surface area contributed by atoms with Gasteiger partial charge in [0.1, 0.15) is 0 Å². The van der Waals surface area contributed by atoms with Crippen molar-refractivity contribution in [1.82, 2.24) is 5.32 Å². The fourth-order valence-electron chi connectivity index (χ4n) is 2.43. The lowest BCUT2D eigenvalue weighted by Crippen LogP contribution is -2.41. The summed E-state index contributed by atoms with van der Waals surface area (Å²) in [6.45, 7) is 3.69. The first kappa shape index (κ1) is 10.5. The Labute approximate surface area is 89.0 Å². The number of aliphatic carboxylic acids is 1. The summed E-state index contributed by atoms with van der Waals surface area (Å²) in [5.41, 5.74) is -0.375. The zero-order valence-electron chi connectivity index (χ0n) is 9.12. The Kier molecular flexibility index (Phi) is 2.24. The third-order valence-electron chi connectivity index (χ3n) is 3.83. The molecule has 1 amide bonds. The van der Waals surface area contributed by atoms with Crippen LogP contribution in [0, 0.1) is 17.3 Å². The van der Waals surface area contributed by atoms with Crippen molar-refractivity contribution < 1.29 is 14.7 Å². The lowest BCUT2D eigenvalue weighted by Gasteiger charge is -2.26. The summed E-state index contributed by atoms with van der Waals surface area (Å²) in [5.74, 6) is -1.76. The molecule has 2 rings (SSSR count). The second-order valence-electron chi connectivity index (χ2n) is 5.25. The lowest BCUT2D eigenvalue weighted by atomic mass is 9.93. The molecule has 2 aliphatic carbocycles. The van der Waals surface area contributed by atoms with Crippen LogP contribution in [0.4, 0.5) is 0 Å². The molecule has 2 unspecified atom stereocenters.